The summed E-state index contributed by atoms with van der Waals surface area (Å²) in [6, 6.07) is 6.69. The van der Waals surface area contributed by atoms with Crippen LogP contribution >= 0.6 is 0 Å². The quantitative estimate of drug-likeness (QED) is 0.738. The van der Waals surface area contributed by atoms with E-state index in [-0.39, 0.29) is 16.2 Å². The summed E-state index contributed by atoms with van der Waals surface area (Å²) >= 11 is 0. The summed E-state index contributed by atoms with van der Waals surface area (Å²) in [5, 5.41) is 6.41. The van der Waals surface area contributed by atoms with Crippen LogP contribution in [0.5, 0.6) is 0 Å². The van der Waals surface area contributed by atoms with Crippen LogP contribution in [0.1, 0.15) is 31.2 Å². The van der Waals surface area contributed by atoms with Gasteiger partial charge in [-0.05, 0) is 50.0 Å². The van der Waals surface area contributed by atoms with Gasteiger partial charge < -0.3 is 10.6 Å². The molecule has 0 aromatic heterocycles. The van der Waals surface area contributed by atoms with Gasteiger partial charge in [-0.15, -0.1) is 0 Å². The van der Waals surface area contributed by atoms with Gasteiger partial charge in [0.15, 0.2) is 0 Å². The normalized spacial score (nSPS) is 26.8. The van der Waals surface area contributed by atoms with Crippen molar-refractivity contribution < 1.29 is 13.2 Å². The molecule has 1 aliphatic heterocycles. The van der Waals surface area contributed by atoms with E-state index in [4.69, 9.17) is 0 Å². The van der Waals surface area contributed by atoms with Crippen molar-refractivity contribution in [1.29, 1.82) is 0 Å². The minimum absolute atomic E-state index is 0.0964. The van der Waals surface area contributed by atoms with Crippen LogP contribution in [-0.4, -0.2) is 34.5 Å². The lowest BCUT2D eigenvalue weighted by atomic mass is 9.67. The summed E-state index contributed by atoms with van der Waals surface area (Å²) in [7, 11) is -2.08. The maximum absolute atomic E-state index is 12.8. The molecule has 132 valence electrons. The molecule has 2 atom stereocenters. The Morgan fingerprint density at radius 2 is 2.21 bits per heavy atom. The molecule has 2 aliphatic rings. The molecular formula is C17H25N3O3S. The molecule has 0 radical (unpaired) electrons. The summed E-state index contributed by atoms with van der Waals surface area (Å²) in [4.78, 5) is 13.0. The SMILES string of the molecule is CNS(=O)(=O)c1cccc(CNC(=O)[C@@]23CCCC[C@H]2CNC3)c1. The van der Waals surface area contributed by atoms with Crippen molar-refractivity contribution in [2.24, 2.45) is 11.3 Å². The highest BCUT2D eigenvalue weighted by Crippen LogP contribution is 2.43. The van der Waals surface area contributed by atoms with Gasteiger partial charge in [-0.3, -0.25) is 4.79 Å². The standard InChI is InChI=1S/C17H25N3O3S/c1-18-24(22,23)15-7-4-5-13(9-15)10-20-16(21)17-8-3-2-6-14(17)11-19-12-17/h4-5,7,9,14,18-19H,2-3,6,8,10-12H2,1H3,(H,20,21)/t14-,17+/m0/s1. The summed E-state index contributed by atoms with van der Waals surface area (Å²) < 4.78 is 26.1. The summed E-state index contributed by atoms with van der Waals surface area (Å²) in [5.41, 5.74) is 0.502. The second-order valence-corrected chi connectivity index (χ2v) is 8.65. The summed E-state index contributed by atoms with van der Waals surface area (Å²) in [5.74, 6) is 0.515. The van der Waals surface area contributed by atoms with E-state index in [1.807, 2.05) is 6.07 Å². The Kier molecular flexibility index (Phi) is 4.94. The summed E-state index contributed by atoms with van der Waals surface area (Å²) in [6.07, 6.45) is 4.34. The van der Waals surface area contributed by atoms with Crippen LogP contribution in [0, 0.1) is 11.3 Å². The van der Waals surface area contributed by atoms with E-state index in [2.05, 4.69) is 15.4 Å². The van der Waals surface area contributed by atoms with Crippen molar-refractivity contribution in [3.63, 3.8) is 0 Å². The van der Waals surface area contributed by atoms with E-state index in [9.17, 15) is 13.2 Å². The number of hydrogen-bond acceptors (Lipinski definition) is 4. The molecule has 1 aromatic rings. The fourth-order valence-corrected chi connectivity index (χ4v) is 4.79. The van der Waals surface area contributed by atoms with Crippen molar-refractivity contribution in [3.05, 3.63) is 29.8 Å². The first kappa shape index (κ1) is 17.4. The van der Waals surface area contributed by atoms with Gasteiger partial charge in [0.05, 0.1) is 10.3 Å². The van der Waals surface area contributed by atoms with Gasteiger partial charge in [0.2, 0.25) is 15.9 Å². The maximum atomic E-state index is 12.8. The number of sulfonamides is 1. The lowest BCUT2D eigenvalue weighted by molar-refractivity contribution is -0.134. The Labute approximate surface area is 143 Å². The molecule has 0 spiro atoms. The van der Waals surface area contributed by atoms with Crippen molar-refractivity contribution in [1.82, 2.24) is 15.4 Å². The number of amides is 1. The van der Waals surface area contributed by atoms with Crippen molar-refractivity contribution in [2.75, 3.05) is 20.1 Å². The molecule has 1 amide bonds. The third-order valence-corrected chi connectivity index (χ3v) is 6.83. The number of nitrogens with one attached hydrogen (secondary N) is 3. The number of carbonyl (C=O) groups excluding carboxylic acids is 1. The Hall–Kier alpha value is -1.44. The van der Waals surface area contributed by atoms with Gasteiger partial charge in [0.25, 0.3) is 0 Å². The lowest BCUT2D eigenvalue weighted by Gasteiger charge is -2.37. The molecule has 6 nitrogen and oxygen atoms in total. The molecule has 1 saturated carbocycles. The van der Waals surface area contributed by atoms with E-state index in [0.717, 1.165) is 37.9 Å². The van der Waals surface area contributed by atoms with Crippen LogP contribution in [0.4, 0.5) is 0 Å². The molecule has 7 heteroatoms. The molecular weight excluding hydrogens is 326 g/mol. The van der Waals surface area contributed by atoms with Crippen LogP contribution < -0.4 is 15.4 Å². The highest BCUT2D eigenvalue weighted by molar-refractivity contribution is 7.89. The van der Waals surface area contributed by atoms with Gasteiger partial charge in [-0.2, -0.15) is 0 Å². The predicted molar refractivity (Wildman–Crippen MR) is 91.8 cm³/mol. The number of fused-ring (bicyclic) bond motifs is 1. The smallest absolute Gasteiger partial charge is 0.240 e. The topological polar surface area (TPSA) is 87.3 Å². The maximum Gasteiger partial charge on any atom is 0.240 e. The molecule has 1 heterocycles. The fourth-order valence-electron chi connectivity index (χ4n) is 3.99. The van der Waals surface area contributed by atoms with Gasteiger partial charge in [0.1, 0.15) is 0 Å². The molecule has 0 unspecified atom stereocenters. The minimum atomic E-state index is -3.47. The fraction of sp³-hybridized carbons (Fsp3) is 0.588. The number of rotatable bonds is 5. The first-order chi connectivity index (χ1) is 11.5. The minimum Gasteiger partial charge on any atom is -0.351 e. The van der Waals surface area contributed by atoms with Crippen molar-refractivity contribution in [2.45, 2.75) is 37.1 Å². The predicted octanol–water partition coefficient (Wildman–Crippen LogP) is 0.991. The highest BCUT2D eigenvalue weighted by atomic mass is 32.2. The average Bonchev–Trinajstić information content (AvgIpc) is 3.05. The zero-order valence-corrected chi connectivity index (χ0v) is 14.8. The molecule has 2 fully saturated rings. The van der Waals surface area contributed by atoms with Crippen LogP contribution in [0.25, 0.3) is 0 Å². The molecule has 3 rings (SSSR count). The highest BCUT2D eigenvalue weighted by Gasteiger charge is 2.49. The van der Waals surface area contributed by atoms with Crippen molar-refractivity contribution >= 4 is 15.9 Å². The Balaban J connectivity index is 1.70. The second-order valence-electron chi connectivity index (χ2n) is 6.77. The number of benzene rings is 1. The van der Waals surface area contributed by atoms with E-state index in [1.54, 1.807) is 18.2 Å². The van der Waals surface area contributed by atoms with E-state index < -0.39 is 10.0 Å². The largest absolute Gasteiger partial charge is 0.351 e. The molecule has 1 aliphatic carbocycles. The zero-order valence-electron chi connectivity index (χ0n) is 14.0. The number of hydrogen-bond donors (Lipinski definition) is 3. The molecule has 24 heavy (non-hydrogen) atoms. The Morgan fingerprint density at radius 3 is 3.00 bits per heavy atom. The number of carbonyl (C=O) groups is 1. The van der Waals surface area contributed by atoms with Crippen LogP contribution in [-0.2, 0) is 21.4 Å². The first-order valence-electron chi connectivity index (χ1n) is 8.49. The van der Waals surface area contributed by atoms with Gasteiger partial charge in [-0.1, -0.05) is 25.0 Å². The molecule has 1 saturated heterocycles. The monoisotopic (exact) mass is 351 g/mol. The van der Waals surface area contributed by atoms with Gasteiger partial charge in [-0.25, -0.2) is 13.1 Å². The van der Waals surface area contributed by atoms with Crippen LogP contribution in [0.2, 0.25) is 0 Å². The van der Waals surface area contributed by atoms with E-state index in [0.29, 0.717) is 12.5 Å². The molecule has 3 N–H and O–H groups in total. The third kappa shape index (κ3) is 3.20. The second kappa shape index (κ2) is 6.82. The third-order valence-electron chi connectivity index (χ3n) is 5.42. The lowest BCUT2D eigenvalue weighted by Crippen LogP contribution is -2.47. The van der Waals surface area contributed by atoms with E-state index in [1.165, 1.54) is 13.5 Å². The van der Waals surface area contributed by atoms with E-state index >= 15 is 0 Å². The molecule has 0 bridgehead atoms. The van der Waals surface area contributed by atoms with Crippen LogP contribution in [0.3, 0.4) is 0 Å². The van der Waals surface area contributed by atoms with Crippen molar-refractivity contribution in [3.8, 4) is 0 Å². The molecule has 1 aromatic carbocycles. The van der Waals surface area contributed by atoms with Gasteiger partial charge >= 0.3 is 0 Å². The Bertz CT molecular complexity index is 720. The Morgan fingerprint density at radius 1 is 1.38 bits per heavy atom. The average molecular weight is 351 g/mol. The van der Waals surface area contributed by atoms with Crippen LogP contribution in [0.15, 0.2) is 29.2 Å². The van der Waals surface area contributed by atoms with Gasteiger partial charge in [0, 0.05) is 13.1 Å². The first-order valence-corrected chi connectivity index (χ1v) is 9.98. The summed E-state index contributed by atoms with van der Waals surface area (Å²) in [6.45, 7) is 2.02. The zero-order chi connectivity index (χ0) is 17.2.